The monoisotopic (exact) mass is 161 g/mol. The van der Waals surface area contributed by atoms with Crippen molar-refractivity contribution < 1.29 is 4.84 Å². The van der Waals surface area contributed by atoms with E-state index in [2.05, 4.69) is 36.7 Å². The van der Waals surface area contributed by atoms with Crippen molar-refractivity contribution in [2.75, 3.05) is 0 Å². The van der Waals surface area contributed by atoms with E-state index < -0.39 is 0 Å². The standard InChI is InChI=1S/C10H11NO/c1-8-2-4-9(5-3-8)10-6-7-11-12-10/h2-7,10-11H,1H3. The number of hydrogen-bond acceptors (Lipinski definition) is 2. The Morgan fingerprint density at radius 2 is 2.00 bits per heavy atom. The highest BCUT2D eigenvalue weighted by atomic mass is 16.7. The molecule has 62 valence electrons. The summed E-state index contributed by atoms with van der Waals surface area (Å²) in [4.78, 5) is 5.22. The number of benzene rings is 1. The summed E-state index contributed by atoms with van der Waals surface area (Å²) in [5, 5.41) is 0. The first kappa shape index (κ1) is 7.37. The van der Waals surface area contributed by atoms with Crippen molar-refractivity contribution in [1.82, 2.24) is 5.48 Å². The van der Waals surface area contributed by atoms with Crippen molar-refractivity contribution in [3.05, 3.63) is 47.7 Å². The van der Waals surface area contributed by atoms with Gasteiger partial charge in [-0.05, 0) is 18.6 Å². The van der Waals surface area contributed by atoms with Crippen LogP contribution in [0.3, 0.4) is 0 Å². The number of aryl methyl sites for hydroxylation is 1. The first-order chi connectivity index (χ1) is 5.86. The van der Waals surface area contributed by atoms with E-state index >= 15 is 0 Å². The molecule has 0 saturated carbocycles. The first-order valence-electron chi connectivity index (χ1n) is 4.01. The van der Waals surface area contributed by atoms with E-state index in [1.54, 1.807) is 0 Å². The third kappa shape index (κ3) is 1.34. The molecule has 0 amide bonds. The van der Waals surface area contributed by atoms with E-state index in [9.17, 15) is 0 Å². The van der Waals surface area contributed by atoms with E-state index in [1.807, 2.05) is 12.3 Å². The summed E-state index contributed by atoms with van der Waals surface area (Å²) in [6.07, 6.45) is 3.88. The Labute approximate surface area is 71.8 Å². The molecular formula is C10H11NO. The van der Waals surface area contributed by atoms with Crippen LogP contribution in [0.25, 0.3) is 0 Å². The molecule has 1 aliphatic heterocycles. The van der Waals surface area contributed by atoms with E-state index in [4.69, 9.17) is 4.84 Å². The van der Waals surface area contributed by atoms with Gasteiger partial charge in [-0.25, -0.2) is 0 Å². The molecule has 1 aromatic carbocycles. The van der Waals surface area contributed by atoms with Gasteiger partial charge in [0.05, 0.1) is 0 Å². The Bertz CT molecular complexity index is 289. The molecule has 1 heterocycles. The van der Waals surface area contributed by atoms with Crippen LogP contribution in [0.5, 0.6) is 0 Å². The quantitative estimate of drug-likeness (QED) is 0.681. The second kappa shape index (κ2) is 2.99. The van der Waals surface area contributed by atoms with Crippen molar-refractivity contribution >= 4 is 0 Å². The van der Waals surface area contributed by atoms with Crippen LogP contribution in [-0.4, -0.2) is 0 Å². The van der Waals surface area contributed by atoms with E-state index in [1.165, 1.54) is 11.1 Å². The second-order valence-corrected chi connectivity index (χ2v) is 2.93. The Balaban J connectivity index is 2.23. The van der Waals surface area contributed by atoms with Crippen molar-refractivity contribution in [3.63, 3.8) is 0 Å². The maximum atomic E-state index is 5.22. The number of nitrogens with one attached hydrogen (secondary N) is 1. The van der Waals surface area contributed by atoms with Crippen molar-refractivity contribution in [2.24, 2.45) is 0 Å². The normalized spacial score (nSPS) is 20.9. The minimum atomic E-state index is 0.0746. The van der Waals surface area contributed by atoms with Gasteiger partial charge >= 0.3 is 0 Å². The second-order valence-electron chi connectivity index (χ2n) is 2.93. The van der Waals surface area contributed by atoms with Gasteiger partial charge in [0.2, 0.25) is 0 Å². The van der Waals surface area contributed by atoms with Crippen LogP contribution < -0.4 is 5.48 Å². The molecule has 0 aromatic heterocycles. The number of hydroxylamine groups is 1. The molecule has 1 atom stereocenters. The fourth-order valence-electron chi connectivity index (χ4n) is 1.21. The molecule has 0 saturated heterocycles. The largest absolute Gasteiger partial charge is 0.274 e. The smallest absolute Gasteiger partial charge is 0.130 e. The van der Waals surface area contributed by atoms with Crippen LogP contribution >= 0.6 is 0 Å². The van der Waals surface area contributed by atoms with Crippen LogP contribution in [-0.2, 0) is 4.84 Å². The molecule has 1 aromatic rings. The third-order valence-corrected chi connectivity index (χ3v) is 1.94. The minimum absolute atomic E-state index is 0.0746. The lowest BCUT2D eigenvalue weighted by Crippen LogP contribution is -2.03. The fourth-order valence-corrected chi connectivity index (χ4v) is 1.21. The van der Waals surface area contributed by atoms with Crippen molar-refractivity contribution in [2.45, 2.75) is 13.0 Å². The highest BCUT2D eigenvalue weighted by Gasteiger charge is 2.11. The molecule has 0 radical (unpaired) electrons. The first-order valence-corrected chi connectivity index (χ1v) is 4.01. The van der Waals surface area contributed by atoms with Gasteiger partial charge in [0.15, 0.2) is 0 Å². The van der Waals surface area contributed by atoms with E-state index in [0.717, 1.165) is 0 Å². The average Bonchev–Trinajstić information content (AvgIpc) is 2.58. The van der Waals surface area contributed by atoms with Gasteiger partial charge in [-0.2, -0.15) is 0 Å². The summed E-state index contributed by atoms with van der Waals surface area (Å²) in [6, 6.07) is 8.34. The summed E-state index contributed by atoms with van der Waals surface area (Å²) >= 11 is 0. The zero-order valence-corrected chi connectivity index (χ0v) is 6.95. The average molecular weight is 161 g/mol. The molecule has 0 fully saturated rings. The molecule has 2 rings (SSSR count). The maximum Gasteiger partial charge on any atom is 0.130 e. The predicted octanol–water partition coefficient (Wildman–Crippen LogP) is 2.08. The maximum absolute atomic E-state index is 5.22. The summed E-state index contributed by atoms with van der Waals surface area (Å²) in [6.45, 7) is 2.08. The lowest BCUT2D eigenvalue weighted by Gasteiger charge is -2.07. The van der Waals surface area contributed by atoms with Gasteiger partial charge < -0.3 is 0 Å². The van der Waals surface area contributed by atoms with Gasteiger partial charge in [-0.3, -0.25) is 10.3 Å². The van der Waals surface area contributed by atoms with Gasteiger partial charge in [-0.15, -0.1) is 0 Å². The molecule has 0 spiro atoms. The zero-order valence-electron chi connectivity index (χ0n) is 6.95. The van der Waals surface area contributed by atoms with Gasteiger partial charge in [0, 0.05) is 6.20 Å². The predicted molar refractivity (Wildman–Crippen MR) is 47.3 cm³/mol. The summed E-state index contributed by atoms with van der Waals surface area (Å²) in [5.74, 6) is 0. The fraction of sp³-hybridized carbons (Fsp3) is 0.200. The van der Waals surface area contributed by atoms with Crippen LogP contribution in [0.4, 0.5) is 0 Å². The zero-order chi connectivity index (χ0) is 8.39. The van der Waals surface area contributed by atoms with Crippen LogP contribution in [0.1, 0.15) is 17.2 Å². The van der Waals surface area contributed by atoms with Crippen molar-refractivity contribution in [3.8, 4) is 0 Å². The van der Waals surface area contributed by atoms with Gasteiger partial charge in [0.25, 0.3) is 0 Å². The van der Waals surface area contributed by atoms with Crippen LogP contribution in [0, 0.1) is 6.92 Å². The topological polar surface area (TPSA) is 21.3 Å². The Kier molecular flexibility index (Phi) is 1.84. The number of hydrogen-bond donors (Lipinski definition) is 1. The summed E-state index contributed by atoms with van der Waals surface area (Å²) in [5.41, 5.74) is 5.16. The molecule has 1 unspecified atom stereocenters. The SMILES string of the molecule is Cc1ccc(C2C=CNO2)cc1. The molecule has 12 heavy (non-hydrogen) atoms. The van der Waals surface area contributed by atoms with Gasteiger partial charge in [-0.1, -0.05) is 29.8 Å². The lowest BCUT2D eigenvalue weighted by atomic mass is 10.1. The third-order valence-electron chi connectivity index (χ3n) is 1.94. The molecular weight excluding hydrogens is 150 g/mol. The molecule has 1 aliphatic rings. The molecule has 1 N–H and O–H groups in total. The number of rotatable bonds is 1. The summed E-state index contributed by atoms with van der Waals surface area (Å²) in [7, 11) is 0. The molecule has 2 nitrogen and oxygen atoms in total. The Morgan fingerprint density at radius 1 is 1.25 bits per heavy atom. The van der Waals surface area contributed by atoms with E-state index in [0.29, 0.717) is 0 Å². The highest BCUT2D eigenvalue weighted by Crippen LogP contribution is 2.20. The molecule has 0 bridgehead atoms. The lowest BCUT2D eigenvalue weighted by molar-refractivity contribution is 0.0470. The molecule has 0 aliphatic carbocycles. The Hall–Kier alpha value is -1.28. The van der Waals surface area contributed by atoms with Crippen LogP contribution in [0.2, 0.25) is 0 Å². The Morgan fingerprint density at radius 3 is 2.58 bits per heavy atom. The van der Waals surface area contributed by atoms with Gasteiger partial charge in [0.1, 0.15) is 6.10 Å². The van der Waals surface area contributed by atoms with E-state index in [-0.39, 0.29) is 6.10 Å². The van der Waals surface area contributed by atoms with Crippen molar-refractivity contribution in [1.29, 1.82) is 0 Å². The minimum Gasteiger partial charge on any atom is -0.274 e. The van der Waals surface area contributed by atoms with Crippen LogP contribution in [0.15, 0.2) is 36.5 Å². The highest BCUT2D eigenvalue weighted by molar-refractivity contribution is 5.26. The summed E-state index contributed by atoms with van der Waals surface area (Å²) < 4.78 is 0. The molecule has 2 heteroatoms.